The van der Waals surface area contributed by atoms with Crippen molar-refractivity contribution in [3.05, 3.63) is 61.1 Å². The van der Waals surface area contributed by atoms with Gasteiger partial charge in [0.15, 0.2) is 11.5 Å². The number of carbonyl (C=O) groups is 1. The van der Waals surface area contributed by atoms with Crippen LogP contribution in [0.25, 0.3) is 0 Å². The number of carbonyl (C=O) groups excluding carboxylic acids is 1. The first-order chi connectivity index (χ1) is 15.5. The topological polar surface area (TPSA) is 64.7 Å². The smallest absolute Gasteiger partial charge is 0.306 e. The molecule has 0 radical (unpaired) electrons. The zero-order valence-corrected chi connectivity index (χ0v) is 20.9. The van der Waals surface area contributed by atoms with E-state index in [1.807, 2.05) is 0 Å². The molecule has 1 unspecified atom stereocenters. The van der Waals surface area contributed by atoms with Crippen LogP contribution in [0.3, 0.4) is 0 Å². The van der Waals surface area contributed by atoms with E-state index in [4.69, 9.17) is 11.6 Å². The van der Waals surface area contributed by atoms with E-state index in [0.717, 1.165) is 17.5 Å². The zero-order chi connectivity index (χ0) is 24.1. The van der Waals surface area contributed by atoms with Gasteiger partial charge in [0.2, 0.25) is 5.91 Å². The first-order valence-corrected chi connectivity index (χ1v) is 11.8. The Hall–Kier alpha value is -1.92. The van der Waals surface area contributed by atoms with Gasteiger partial charge >= 0.3 is 6.18 Å². The van der Waals surface area contributed by atoms with Crippen LogP contribution < -0.4 is 5.32 Å². The van der Waals surface area contributed by atoms with Crippen LogP contribution in [-0.2, 0) is 17.5 Å². The van der Waals surface area contributed by atoms with Crippen LogP contribution in [0.2, 0.25) is 5.02 Å². The van der Waals surface area contributed by atoms with Crippen molar-refractivity contribution in [2.24, 2.45) is 0 Å². The lowest BCUT2D eigenvalue weighted by molar-refractivity contribution is -0.142. The molecular weight excluding hydrogens is 598 g/mol. The van der Waals surface area contributed by atoms with Gasteiger partial charge in [-0.3, -0.25) is 14.2 Å². The molecule has 6 nitrogen and oxygen atoms in total. The minimum atomic E-state index is -4.65. The highest BCUT2D eigenvalue weighted by Crippen LogP contribution is 2.47. The molecule has 1 atom stereocenters. The largest absolute Gasteiger partial charge is 0.436 e. The summed E-state index contributed by atoms with van der Waals surface area (Å²) in [7, 11) is 0. The van der Waals surface area contributed by atoms with Gasteiger partial charge in [0.05, 0.1) is 21.2 Å². The maximum absolute atomic E-state index is 14.1. The Morgan fingerprint density at radius 3 is 2.61 bits per heavy atom. The van der Waals surface area contributed by atoms with Crippen molar-refractivity contribution in [2.45, 2.75) is 44.4 Å². The fraction of sp³-hybridized carbons (Fsp3) is 0.350. The van der Waals surface area contributed by atoms with Crippen molar-refractivity contribution in [1.82, 2.24) is 19.6 Å². The second-order valence-corrected chi connectivity index (χ2v) is 9.71. The first-order valence-electron chi connectivity index (χ1n) is 9.79. The molecule has 1 N–H and O–H groups in total. The van der Waals surface area contributed by atoms with Crippen molar-refractivity contribution in [3.63, 3.8) is 0 Å². The van der Waals surface area contributed by atoms with Crippen LogP contribution in [0.4, 0.5) is 23.4 Å². The number of alkyl halides is 3. The van der Waals surface area contributed by atoms with Crippen LogP contribution in [0, 0.1) is 5.82 Å². The standard InChI is InChI=1S/C20H16Br2ClF4N5O/c1-9(32-16(10-5-6-10)15(22)17(29-32)20(25,26)27)19(33)28-18-12(21)8-31(30-18)7-11-13(23)3-2-4-14(11)24/h2-4,8-10H,5-7H2,1H3,(H,28,30,33). The molecule has 4 rings (SSSR count). The van der Waals surface area contributed by atoms with Crippen molar-refractivity contribution in [2.75, 3.05) is 5.32 Å². The lowest BCUT2D eigenvalue weighted by Crippen LogP contribution is -2.26. The van der Waals surface area contributed by atoms with Crippen LogP contribution >= 0.6 is 43.5 Å². The first kappa shape index (κ1) is 24.2. The number of aromatic nitrogens is 4. The molecule has 0 spiro atoms. The highest BCUT2D eigenvalue weighted by Gasteiger charge is 2.43. The molecule has 1 fully saturated rings. The number of hydrogen-bond donors (Lipinski definition) is 1. The summed E-state index contributed by atoms with van der Waals surface area (Å²) in [6.07, 6.45) is -1.67. The normalized spacial score (nSPS) is 15.0. The number of benzene rings is 1. The summed E-state index contributed by atoms with van der Waals surface area (Å²) in [6.45, 7) is 1.48. The minimum absolute atomic E-state index is 0.0163. The third kappa shape index (κ3) is 4.97. The maximum Gasteiger partial charge on any atom is 0.436 e. The summed E-state index contributed by atoms with van der Waals surface area (Å²) in [5.74, 6) is -1.05. The molecule has 3 aromatic rings. The molecule has 1 saturated carbocycles. The fourth-order valence-electron chi connectivity index (χ4n) is 3.37. The molecule has 176 valence electrons. The number of nitrogens with one attached hydrogen (secondary N) is 1. The molecule has 1 aromatic carbocycles. The number of halogens is 7. The van der Waals surface area contributed by atoms with Gasteiger partial charge in [0.25, 0.3) is 0 Å². The monoisotopic (exact) mass is 611 g/mol. The summed E-state index contributed by atoms with van der Waals surface area (Å²) in [5, 5.41) is 10.8. The summed E-state index contributed by atoms with van der Waals surface area (Å²) >= 11 is 12.4. The number of nitrogens with zero attached hydrogens (tertiary/aromatic N) is 4. The van der Waals surface area contributed by atoms with E-state index in [2.05, 4.69) is 47.4 Å². The fourth-order valence-corrected chi connectivity index (χ4v) is 4.81. The molecule has 0 bridgehead atoms. The van der Waals surface area contributed by atoms with E-state index >= 15 is 0 Å². The molecule has 0 aliphatic heterocycles. The minimum Gasteiger partial charge on any atom is -0.306 e. The van der Waals surface area contributed by atoms with E-state index in [-0.39, 0.29) is 33.3 Å². The lowest BCUT2D eigenvalue weighted by atomic mass is 10.2. The van der Waals surface area contributed by atoms with Gasteiger partial charge in [-0.2, -0.15) is 23.4 Å². The highest BCUT2D eigenvalue weighted by atomic mass is 79.9. The summed E-state index contributed by atoms with van der Waals surface area (Å²) in [5.41, 5.74) is -0.476. The van der Waals surface area contributed by atoms with Gasteiger partial charge in [0, 0.05) is 22.7 Å². The molecule has 13 heteroatoms. The molecule has 1 aliphatic rings. The Labute approximate surface area is 207 Å². The van der Waals surface area contributed by atoms with Crippen molar-refractivity contribution in [1.29, 1.82) is 0 Å². The van der Waals surface area contributed by atoms with Gasteiger partial charge in [-0.15, -0.1) is 0 Å². The van der Waals surface area contributed by atoms with Crippen LogP contribution in [-0.4, -0.2) is 25.5 Å². The van der Waals surface area contributed by atoms with E-state index < -0.39 is 29.6 Å². The highest BCUT2D eigenvalue weighted by molar-refractivity contribution is 9.11. The number of anilines is 1. The van der Waals surface area contributed by atoms with Gasteiger partial charge in [-0.1, -0.05) is 17.7 Å². The Balaban J connectivity index is 1.56. The average Bonchev–Trinajstić information content (AvgIpc) is 3.41. The SMILES string of the molecule is CC(C(=O)Nc1nn(Cc2c(F)cccc2Cl)cc1Br)n1nc(C(F)(F)F)c(Br)c1C1CC1. The van der Waals surface area contributed by atoms with Crippen LogP contribution in [0.5, 0.6) is 0 Å². The summed E-state index contributed by atoms with van der Waals surface area (Å²) in [4.78, 5) is 12.9. The second kappa shape index (κ2) is 9.03. The summed E-state index contributed by atoms with van der Waals surface area (Å²) in [6, 6.07) is 3.28. The van der Waals surface area contributed by atoms with Crippen molar-refractivity contribution >= 4 is 55.2 Å². The molecule has 1 aliphatic carbocycles. The Morgan fingerprint density at radius 2 is 2.00 bits per heavy atom. The lowest BCUT2D eigenvalue weighted by Gasteiger charge is -2.15. The zero-order valence-electron chi connectivity index (χ0n) is 16.9. The quantitative estimate of drug-likeness (QED) is 0.321. The summed E-state index contributed by atoms with van der Waals surface area (Å²) < 4.78 is 57.0. The third-order valence-corrected chi connectivity index (χ3v) is 6.92. The van der Waals surface area contributed by atoms with Gasteiger partial charge in [0.1, 0.15) is 11.9 Å². The van der Waals surface area contributed by atoms with Gasteiger partial charge < -0.3 is 5.32 Å². The molecular formula is C20H16Br2ClF4N5O. The number of rotatable bonds is 6. The van der Waals surface area contributed by atoms with Gasteiger partial charge in [-0.05, 0) is 63.8 Å². The van der Waals surface area contributed by atoms with Crippen LogP contribution in [0.1, 0.15) is 48.7 Å². The molecule has 0 saturated heterocycles. The number of hydrogen-bond acceptors (Lipinski definition) is 3. The molecule has 1 amide bonds. The van der Waals surface area contributed by atoms with E-state index in [1.165, 1.54) is 29.9 Å². The Kier molecular flexibility index (Phi) is 6.62. The van der Waals surface area contributed by atoms with Gasteiger partial charge in [-0.25, -0.2) is 4.39 Å². The number of amides is 1. The average molecular weight is 614 g/mol. The Bertz CT molecular complexity index is 1200. The van der Waals surface area contributed by atoms with E-state index in [9.17, 15) is 22.4 Å². The predicted molar refractivity (Wildman–Crippen MR) is 121 cm³/mol. The Morgan fingerprint density at radius 1 is 1.30 bits per heavy atom. The van der Waals surface area contributed by atoms with E-state index in [1.54, 1.807) is 6.07 Å². The molecule has 2 aromatic heterocycles. The van der Waals surface area contributed by atoms with Crippen molar-refractivity contribution in [3.8, 4) is 0 Å². The maximum atomic E-state index is 14.1. The van der Waals surface area contributed by atoms with Crippen LogP contribution in [0.15, 0.2) is 33.3 Å². The van der Waals surface area contributed by atoms with Crippen molar-refractivity contribution < 1.29 is 22.4 Å². The molecule has 2 heterocycles. The predicted octanol–water partition coefficient (Wildman–Crippen LogP) is 6.54. The third-order valence-electron chi connectivity index (χ3n) is 5.21. The second-order valence-electron chi connectivity index (χ2n) is 7.65. The molecule has 33 heavy (non-hydrogen) atoms. The van der Waals surface area contributed by atoms with E-state index in [0.29, 0.717) is 10.2 Å².